The average molecular weight is 544 g/mol. The summed E-state index contributed by atoms with van der Waals surface area (Å²) >= 11 is 0. The zero-order chi connectivity index (χ0) is 28.1. The number of nitrogen functional groups attached to an aromatic ring is 1. The van der Waals surface area contributed by atoms with Gasteiger partial charge in [-0.05, 0) is 60.2 Å². The van der Waals surface area contributed by atoms with Crippen molar-refractivity contribution in [2.24, 2.45) is 0 Å². The molecule has 5 rings (SSSR count). The number of halogens is 5. The normalized spacial score (nSPS) is 14.9. The number of hydrogen-bond acceptors (Lipinski definition) is 5. The second-order valence-corrected chi connectivity index (χ2v) is 9.16. The van der Waals surface area contributed by atoms with Gasteiger partial charge in [-0.2, -0.15) is 18.3 Å². The summed E-state index contributed by atoms with van der Waals surface area (Å²) < 4.78 is 67.9. The lowest BCUT2D eigenvalue weighted by atomic mass is 10.0. The monoisotopic (exact) mass is 544 g/mol. The highest BCUT2D eigenvalue weighted by atomic mass is 19.4. The lowest BCUT2D eigenvalue weighted by Gasteiger charge is -2.16. The molecule has 0 fully saturated rings. The van der Waals surface area contributed by atoms with Gasteiger partial charge >= 0.3 is 6.18 Å². The standard InChI is InChI=1S/C26H21F5N6O2/c1-12-14-4-7-20(15(14)3-6-19(12)32)36-25(39)22-9-21(35-23-18(28)11-34-37(22)23)24(38)33-10-13-2-5-17(27)16(8-13)26(29,30)31/h2-3,5-6,8-9,11,20H,4,7,10,32H2,1H3,(H,33,38)(H,36,39)/t20-/m0/s1. The zero-order valence-corrected chi connectivity index (χ0v) is 20.4. The number of fused-ring (bicyclic) bond motifs is 2. The molecule has 1 aliphatic rings. The van der Waals surface area contributed by atoms with Crippen LogP contribution in [-0.4, -0.2) is 26.4 Å². The van der Waals surface area contributed by atoms with Gasteiger partial charge in [-0.25, -0.2) is 18.3 Å². The Morgan fingerprint density at radius 2 is 1.87 bits per heavy atom. The maximum Gasteiger partial charge on any atom is 0.419 e. The van der Waals surface area contributed by atoms with E-state index in [4.69, 9.17) is 5.73 Å². The molecule has 1 aliphatic carbocycles. The van der Waals surface area contributed by atoms with E-state index in [9.17, 15) is 31.5 Å². The fourth-order valence-electron chi connectivity index (χ4n) is 4.67. The van der Waals surface area contributed by atoms with Crippen LogP contribution < -0.4 is 16.4 Å². The van der Waals surface area contributed by atoms with Gasteiger partial charge < -0.3 is 16.4 Å². The van der Waals surface area contributed by atoms with Crippen molar-refractivity contribution in [2.75, 3.05) is 5.73 Å². The van der Waals surface area contributed by atoms with E-state index < -0.39 is 41.7 Å². The summed E-state index contributed by atoms with van der Waals surface area (Å²) in [6, 6.07) is 6.67. The van der Waals surface area contributed by atoms with E-state index >= 15 is 0 Å². The number of amides is 2. The Kier molecular flexibility index (Phi) is 6.44. The van der Waals surface area contributed by atoms with Crippen LogP contribution in [-0.2, 0) is 19.1 Å². The van der Waals surface area contributed by atoms with Crippen LogP contribution in [0.25, 0.3) is 5.65 Å². The molecule has 0 unspecified atom stereocenters. The molecule has 0 bridgehead atoms. The Hall–Kier alpha value is -4.55. The first-order valence-electron chi connectivity index (χ1n) is 11.8. The molecule has 0 spiro atoms. The summed E-state index contributed by atoms with van der Waals surface area (Å²) in [5, 5.41) is 9.10. The average Bonchev–Trinajstić information content (AvgIpc) is 3.47. The quantitative estimate of drug-likeness (QED) is 0.257. The van der Waals surface area contributed by atoms with Crippen LogP contribution in [0.4, 0.5) is 27.6 Å². The molecule has 2 heterocycles. The molecule has 8 nitrogen and oxygen atoms in total. The number of rotatable bonds is 5. The molecule has 2 aromatic carbocycles. The first-order valence-corrected chi connectivity index (χ1v) is 11.8. The number of aromatic nitrogens is 3. The third kappa shape index (κ3) is 4.87. The molecule has 4 aromatic rings. The number of alkyl halides is 3. The number of nitrogens with two attached hydrogens (primary N) is 1. The second-order valence-electron chi connectivity index (χ2n) is 9.16. The Labute approximate surface area is 218 Å². The summed E-state index contributed by atoms with van der Waals surface area (Å²) in [7, 11) is 0. The van der Waals surface area contributed by atoms with E-state index in [0.29, 0.717) is 30.7 Å². The molecule has 0 aliphatic heterocycles. The van der Waals surface area contributed by atoms with E-state index in [1.807, 2.05) is 13.0 Å². The number of nitrogens with one attached hydrogen (secondary N) is 2. The summed E-state index contributed by atoms with van der Waals surface area (Å²) in [5.41, 5.74) is 7.11. The molecule has 0 saturated heterocycles. The molecule has 0 saturated carbocycles. The van der Waals surface area contributed by atoms with Gasteiger partial charge in [0.2, 0.25) is 0 Å². The topological polar surface area (TPSA) is 114 Å². The zero-order valence-electron chi connectivity index (χ0n) is 20.4. The van der Waals surface area contributed by atoms with Crippen molar-refractivity contribution in [1.82, 2.24) is 25.2 Å². The Bertz CT molecular complexity index is 1630. The molecule has 13 heteroatoms. The van der Waals surface area contributed by atoms with Crippen molar-refractivity contribution >= 4 is 23.1 Å². The van der Waals surface area contributed by atoms with Crippen LogP contribution in [0.2, 0.25) is 0 Å². The van der Waals surface area contributed by atoms with Crippen molar-refractivity contribution in [3.8, 4) is 0 Å². The number of anilines is 1. The summed E-state index contributed by atoms with van der Waals surface area (Å²) in [6.07, 6.45) is -2.76. The first-order chi connectivity index (χ1) is 18.4. The predicted octanol–water partition coefficient (Wildman–Crippen LogP) is 4.26. The molecule has 4 N–H and O–H groups in total. The molecule has 1 atom stereocenters. The third-order valence-electron chi connectivity index (χ3n) is 6.72. The fourth-order valence-corrected chi connectivity index (χ4v) is 4.67. The van der Waals surface area contributed by atoms with Gasteiger partial charge in [0.25, 0.3) is 11.8 Å². The predicted molar refractivity (Wildman–Crippen MR) is 130 cm³/mol. The summed E-state index contributed by atoms with van der Waals surface area (Å²) in [4.78, 5) is 30.0. The molecule has 202 valence electrons. The minimum Gasteiger partial charge on any atom is -0.399 e. The largest absolute Gasteiger partial charge is 0.419 e. The van der Waals surface area contributed by atoms with Crippen LogP contribution in [0.15, 0.2) is 42.6 Å². The van der Waals surface area contributed by atoms with E-state index in [0.717, 1.165) is 39.5 Å². The minimum absolute atomic E-state index is 0.0255. The van der Waals surface area contributed by atoms with Crippen LogP contribution >= 0.6 is 0 Å². The van der Waals surface area contributed by atoms with Crippen LogP contribution in [0.3, 0.4) is 0 Å². The van der Waals surface area contributed by atoms with Crippen LogP contribution in [0.1, 0.15) is 61.3 Å². The van der Waals surface area contributed by atoms with Crippen molar-refractivity contribution in [3.63, 3.8) is 0 Å². The van der Waals surface area contributed by atoms with Gasteiger partial charge in [0.15, 0.2) is 11.5 Å². The molecule has 0 radical (unpaired) electrons. The maximum atomic E-state index is 14.4. The van der Waals surface area contributed by atoms with E-state index in [1.165, 1.54) is 0 Å². The summed E-state index contributed by atoms with van der Waals surface area (Å²) in [5.74, 6) is -3.85. The van der Waals surface area contributed by atoms with E-state index in [1.54, 1.807) is 6.07 Å². The fraction of sp³-hybridized carbons (Fsp3) is 0.231. The van der Waals surface area contributed by atoms with Gasteiger partial charge in [-0.1, -0.05) is 12.1 Å². The van der Waals surface area contributed by atoms with Crippen LogP contribution in [0.5, 0.6) is 0 Å². The highest BCUT2D eigenvalue weighted by Gasteiger charge is 2.34. The Balaban J connectivity index is 1.40. The van der Waals surface area contributed by atoms with Crippen molar-refractivity contribution in [3.05, 3.63) is 93.4 Å². The van der Waals surface area contributed by atoms with Gasteiger partial charge in [0.1, 0.15) is 17.2 Å². The maximum absolute atomic E-state index is 14.4. The molecule has 39 heavy (non-hydrogen) atoms. The highest BCUT2D eigenvalue weighted by Crippen LogP contribution is 2.35. The van der Waals surface area contributed by atoms with Gasteiger partial charge in [0, 0.05) is 18.3 Å². The van der Waals surface area contributed by atoms with Crippen molar-refractivity contribution in [1.29, 1.82) is 0 Å². The number of hydrogen-bond donors (Lipinski definition) is 3. The minimum atomic E-state index is -4.91. The number of carbonyl (C=O) groups excluding carboxylic acids is 2. The van der Waals surface area contributed by atoms with E-state index in [2.05, 4.69) is 20.7 Å². The number of carbonyl (C=O) groups is 2. The van der Waals surface area contributed by atoms with Gasteiger partial charge in [-0.3, -0.25) is 9.59 Å². The lowest BCUT2D eigenvalue weighted by Crippen LogP contribution is -2.30. The summed E-state index contributed by atoms with van der Waals surface area (Å²) in [6.45, 7) is 1.50. The number of nitrogens with zero attached hydrogens (tertiary/aromatic N) is 3. The third-order valence-corrected chi connectivity index (χ3v) is 6.72. The molecular formula is C26H21F5N6O2. The van der Waals surface area contributed by atoms with Gasteiger partial charge in [-0.15, -0.1) is 0 Å². The Morgan fingerprint density at radius 1 is 1.10 bits per heavy atom. The van der Waals surface area contributed by atoms with Crippen LogP contribution in [0, 0.1) is 18.6 Å². The van der Waals surface area contributed by atoms with Crippen molar-refractivity contribution in [2.45, 2.75) is 38.5 Å². The van der Waals surface area contributed by atoms with Crippen molar-refractivity contribution < 1.29 is 31.5 Å². The highest BCUT2D eigenvalue weighted by molar-refractivity contribution is 5.98. The van der Waals surface area contributed by atoms with Gasteiger partial charge in [0.05, 0.1) is 17.8 Å². The SMILES string of the molecule is Cc1c(N)ccc2c1CC[C@@H]2NC(=O)c1cc(C(=O)NCc2ccc(F)c(C(F)(F)F)c2)nc2c(F)cnn12. The lowest BCUT2D eigenvalue weighted by molar-refractivity contribution is -0.140. The second kappa shape index (κ2) is 9.64. The smallest absolute Gasteiger partial charge is 0.399 e. The van der Waals surface area contributed by atoms with E-state index in [-0.39, 0.29) is 28.6 Å². The molecule has 2 aromatic heterocycles. The molecular weight excluding hydrogens is 523 g/mol. The number of benzene rings is 2. The first kappa shape index (κ1) is 26.1. The molecule has 2 amide bonds. The Morgan fingerprint density at radius 3 is 2.62 bits per heavy atom.